The molecule has 0 radical (unpaired) electrons. The molecule has 2 heterocycles. The van der Waals surface area contributed by atoms with E-state index < -0.39 is 0 Å². The standard InChI is InChI=1S/C13H21N3O/c1-16-9-4-3-6-11(16)10-15-12-7-5-8-14-13(12)17-2/h5,7-8,11,15H,3-4,6,9-10H2,1-2H3. The third kappa shape index (κ3) is 3.09. The second-order valence-electron chi connectivity index (χ2n) is 4.57. The van der Waals surface area contributed by atoms with Gasteiger partial charge < -0.3 is 15.0 Å². The summed E-state index contributed by atoms with van der Waals surface area (Å²) in [6.45, 7) is 2.16. The summed E-state index contributed by atoms with van der Waals surface area (Å²) >= 11 is 0. The van der Waals surface area contributed by atoms with Gasteiger partial charge in [0.1, 0.15) is 0 Å². The molecule has 2 rings (SSSR count). The van der Waals surface area contributed by atoms with Crippen LogP contribution in [0.4, 0.5) is 5.69 Å². The van der Waals surface area contributed by atoms with E-state index in [4.69, 9.17) is 4.74 Å². The number of nitrogens with one attached hydrogen (secondary N) is 1. The predicted octanol–water partition coefficient (Wildman–Crippen LogP) is 1.99. The first-order valence-electron chi connectivity index (χ1n) is 6.24. The Kier molecular flexibility index (Phi) is 4.20. The zero-order chi connectivity index (χ0) is 12.1. The van der Waals surface area contributed by atoms with Gasteiger partial charge in [0.2, 0.25) is 5.88 Å². The van der Waals surface area contributed by atoms with Crippen LogP contribution < -0.4 is 10.1 Å². The topological polar surface area (TPSA) is 37.4 Å². The average Bonchev–Trinajstić information content (AvgIpc) is 2.38. The molecule has 0 aromatic carbocycles. The molecule has 0 saturated carbocycles. The lowest BCUT2D eigenvalue weighted by Gasteiger charge is -2.32. The fourth-order valence-electron chi connectivity index (χ4n) is 2.32. The number of piperidine rings is 1. The quantitative estimate of drug-likeness (QED) is 0.866. The number of hydrogen-bond acceptors (Lipinski definition) is 4. The minimum absolute atomic E-state index is 0.619. The van der Waals surface area contributed by atoms with Crippen LogP contribution in [0.1, 0.15) is 19.3 Å². The van der Waals surface area contributed by atoms with Crippen LogP contribution in [-0.2, 0) is 0 Å². The predicted molar refractivity (Wildman–Crippen MR) is 69.5 cm³/mol. The first-order chi connectivity index (χ1) is 8.31. The Hall–Kier alpha value is -1.29. The summed E-state index contributed by atoms with van der Waals surface area (Å²) in [5.74, 6) is 0.672. The van der Waals surface area contributed by atoms with Crippen LogP contribution in [0.2, 0.25) is 0 Å². The van der Waals surface area contributed by atoms with Gasteiger partial charge in [0.25, 0.3) is 0 Å². The molecule has 1 aliphatic heterocycles. The van der Waals surface area contributed by atoms with E-state index in [-0.39, 0.29) is 0 Å². The van der Waals surface area contributed by atoms with E-state index in [0.717, 1.165) is 12.2 Å². The number of likely N-dealkylation sites (tertiary alicyclic amines) is 1. The maximum Gasteiger partial charge on any atom is 0.237 e. The van der Waals surface area contributed by atoms with Crippen LogP contribution in [-0.4, -0.2) is 43.2 Å². The highest BCUT2D eigenvalue weighted by atomic mass is 16.5. The number of pyridine rings is 1. The van der Waals surface area contributed by atoms with E-state index >= 15 is 0 Å². The van der Waals surface area contributed by atoms with Crippen LogP contribution in [0, 0.1) is 0 Å². The molecule has 0 aliphatic carbocycles. The fraction of sp³-hybridized carbons (Fsp3) is 0.615. The molecule has 0 spiro atoms. The summed E-state index contributed by atoms with van der Waals surface area (Å²) in [6, 6.07) is 4.55. The van der Waals surface area contributed by atoms with Gasteiger partial charge in [-0.1, -0.05) is 6.42 Å². The Morgan fingerprint density at radius 1 is 1.53 bits per heavy atom. The van der Waals surface area contributed by atoms with E-state index in [1.807, 2.05) is 12.1 Å². The number of likely N-dealkylation sites (N-methyl/N-ethyl adjacent to an activating group) is 1. The fourth-order valence-corrected chi connectivity index (χ4v) is 2.32. The van der Waals surface area contributed by atoms with Crippen molar-refractivity contribution < 1.29 is 4.74 Å². The van der Waals surface area contributed by atoms with Crippen molar-refractivity contribution in [2.24, 2.45) is 0 Å². The van der Waals surface area contributed by atoms with Crippen molar-refractivity contribution in [2.75, 3.05) is 32.6 Å². The number of nitrogens with zero attached hydrogens (tertiary/aromatic N) is 2. The molecule has 1 unspecified atom stereocenters. The van der Waals surface area contributed by atoms with E-state index in [1.54, 1.807) is 13.3 Å². The zero-order valence-corrected chi connectivity index (χ0v) is 10.6. The Morgan fingerprint density at radius 2 is 2.41 bits per heavy atom. The van der Waals surface area contributed by atoms with Gasteiger partial charge in [-0.2, -0.15) is 0 Å². The minimum atomic E-state index is 0.619. The molecule has 1 N–H and O–H groups in total. The number of hydrogen-bond donors (Lipinski definition) is 1. The highest BCUT2D eigenvalue weighted by Crippen LogP contribution is 2.21. The van der Waals surface area contributed by atoms with E-state index in [2.05, 4.69) is 22.2 Å². The molecular formula is C13H21N3O. The largest absolute Gasteiger partial charge is 0.480 e. The molecule has 94 valence electrons. The van der Waals surface area contributed by atoms with Gasteiger partial charge in [-0.3, -0.25) is 0 Å². The Labute approximate surface area is 103 Å². The number of aromatic nitrogens is 1. The Bertz CT molecular complexity index is 356. The number of ether oxygens (including phenoxy) is 1. The molecule has 17 heavy (non-hydrogen) atoms. The molecule has 1 aliphatic rings. The molecule has 1 fully saturated rings. The minimum Gasteiger partial charge on any atom is -0.480 e. The summed E-state index contributed by atoms with van der Waals surface area (Å²) in [6.07, 6.45) is 5.67. The third-order valence-corrected chi connectivity index (χ3v) is 3.41. The lowest BCUT2D eigenvalue weighted by atomic mass is 10.0. The highest BCUT2D eigenvalue weighted by Gasteiger charge is 2.18. The first kappa shape index (κ1) is 12.2. The van der Waals surface area contributed by atoms with Gasteiger partial charge >= 0.3 is 0 Å². The summed E-state index contributed by atoms with van der Waals surface area (Å²) < 4.78 is 5.22. The van der Waals surface area contributed by atoms with Gasteiger partial charge in [-0.05, 0) is 38.6 Å². The SMILES string of the molecule is COc1ncccc1NCC1CCCCN1C. The highest BCUT2D eigenvalue weighted by molar-refractivity contribution is 5.52. The van der Waals surface area contributed by atoms with Crippen LogP contribution in [0.15, 0.2) is 18.3 Å². The van der Waals surface area contributed by atoms with Crippen molar-refractivity contribution in [3.63, 3.8) is 0 Å². The first-order valence-corrected chi connectivity index (χ1v) is 6.24. The zero-order valence-electron chi connectivity index (χ0n) is 10.6. The Morgan fingerprint density at radius 3 is 3.18 bits per heavy atom. The summed E-state index contributed by atoms with van der Waals surface area (Å²) in [5.41, 5.74) is 0.981. The molecule has 1 aromatic heterocycles. The van der Waals surface area contributed by atoms with Gasteiger partial charge in [0.05, 0.1) is 12.8 Å². The van der Waals surface area contributed by atoms with Crippen molar-refractivity contribution in [1.29, 1.82) is 0 Å². The molecule has 4 nitrogen and oxygen atoms in total. The summed E-state index contributed by atoms with van der Waals surface area (Å²) in [7, 11) is 3.85. The van der Waals surface area contributed by atoms with E-state index in [9.17, 15) is 0 Å². The van der Waals surface area contributed by atoms with Crippen LogP contribution in [0.5, 0.6) is 5.88 Å². The van der Waals surface area contributed by atoms with Gasteiger partial charge in [0, 0.05) is 18.8 Å². The molecule has 1 aromatic rings. The normalized spacial score (nSPS) is 21.2. The van der Waals surface area contributed by atoms with E-state index in [0.29, 0.717) is 11.9 Å². The van der Waals surface area contributed by atoms with Gasteiger partial charge in [-0.25, -0.2) is 4.98 Å². The average molecular weight is 235 g/mol. The van der Waals surface area contributed by atoms with Crippen LogP contribution in [0.3, 0.4) is 0 Å². The second-order valence-corrected chi connectivity index (χ2v) is 4.57. The lowest BCUT2D eigenvalue weighted by Crippen LogP contribution is -2.40. The maximum absolute atomic E-state index is 5.22. The summed E-state index contributed by atoms with van der Waals surface area (Å²) in [4.78, 5) is 6.61. The monoisotopic (exact) mass is 235 g/mol. The Balaban J connectivity index is 1.92. The second kappa shape index (κ2) is 5.87. The van der Waals surface area contributed by atoms with Gasteiger partial charge in [0.15, 0.2) is 0 Å². The van der Waals surface area contributed by atoms with Gasteiger partial charge in [-0.15, -0.1) is 0 Å². The number of rotatable bonds is 4. The van der Waals surface area contributed by atoms with Crippen molar-refractivity contribution in [1.82, 2.24) is 9.88 Å². The number of anilines is 1. The van der Waals surface area contributed by atoms with Crippen LogP contribution >= 0.6 is 0 Å². The summed E-state index contributed by atoms with van der Waals surface area (Å²) in [5, 5.41) is 3.44. The van der Waals surface area contributed by atoms with Crippen LogP contribution in [0.25, 0.3) is 0 Å². The maximum atomic E-state index is 5.22. The molecule has 1 saturated heterocycles. The molecular weight excluding hydrogens is 214 g/mol. The smallest absolute Gasteiger partial charge is 0.237 e. The molecule has 1 atom stereocenters. The molecule has 0 amide bonds. The third-order valence-electron chi connectivity index (χ3n) is 3.41. The lowest BCUT2D eigenvalue weighted by molar-refractivity contribution is 0.194. The number of methoxy groups -OCH3 is 1. The van der Waals surface area contributed by atoms with Crippen molar-refractivity contribution in [2.45, 2.75) is 25.3 Å². The molecule has 0 bridgehead atoms. The van der Waals surface area contributed by atoms with Crippen molar-refractivity contribution >= 4 is 5.69 Å². The van der Waals surface area contributed by atoms with E-state index in [1.165, 1.54) is 25.8 Å². The van der Waals surface area contributed by atoms with Crippen molar-refractivity contribution in [3.05, 3.63) is 18.3 Å². The van der Waals surface area contributed by atoms with Crippen molar-refractivity contribution in [3.8, 4) is 5.88 Å². The molecule has 4 heteroatoms.